The molecular weight excluding hydrogens is 249 g/mol. The molecule has 5 nitrogen and oxygen atoms in total. The number of aromatic nitrogens is 3. The third-order valence-electron chi connectivity index (χ3n) is 2.36. The van der Waals surface area contributed by atoms with Gasteiger partial charge in [0.15, 0.2) is 5.82 Å². The molecule has 0 bridgehead atoms. The summed E-state index contributed by atoms with van der Waals surface area (Å²) in [6, 6.07) is 4.14. The quantitative estimate of drug-likeness (QED) is 0.833. The zero-order valence-corrected chi connectivity index (χ0v) is 10.3. The van der Waals surface area contributed by atoms with E-state index in [1.807, 2.05) is 0 Å². The molecule has 0 radical (unpaired) electrons. The van der Waals surface area contributed by atoms with Gasteiger partial charge in [-0.2, -0.15) is 5.10 Å². The van der Waals surface area contributed by atoms with Crippen molar-refractivity contribution in [1.29, 1.82) is 0 Å². The van der Waals surface area contributed by atoms with E-state index in [0.717, 1.165) is 0 Å². The minimum Gasteiger partial charge on any atom is -0.485 e. The van der Waals surface area contributed by atoms with Gasteiger partial charge in [0.1, 0.15) is 31.1 Å². The summed E-state index contributed by atoms with van der Waals surface area (Å²) in [7, 11) is 1.75. The van der Waals surface area contributed by atoms with Crippen LogP contribution in [0.3, 0.4) is 0 Å². The number of halogens is 1. The highest BCUT2D eigenvalue weighted by Crippen LogP contribution is 2.16. The van der Waals surface area contributed by atoms with Crippen LogP contribution in [0.1, 0.15) is 11.4 Å². The van der Waals surface area contributed by atoms with Gasteiger partial charge in [0.2, 0.25) is 0 Å². The Balaban J connectivity index is 2.12. The summed E-state index contributed by atoms with van der Waals surface area (Å²) in [5, 5.41) is 12.5. The number of aryl methyl sites for hydroxylation is 1. The first-order valence-electron chi connectivity index (χ1n) is 5.55. The Morgan fingerprint density at radius 1 is 1.42 bits per heavy atom. The van der Waals surface area contributed by atoms with E-state index in [1.165, 1.54) is 18.5 Å². The molecule has 0 spiro atoms. The van der Waals surface area contributed by atoms with Crippen molar-refractivity contribution in [3.05, 3.63) is 41.7 Å². The third-order valence-corrected chi connectivity index (χ3v) is 2.36. The monoisotopic (exact) mass is 261 g/mol. The van der Waals surface area contributed by atoms with E-state index in [-0.39, 0.29) is 13.2 Å². The summed E-state index contributed by atoms with van der Waals surface area (Å²) < 4.78 is 20.4. The molecule has 0 aliphatic carbocycles. The summed E-state index contributed by atoms with van der Waals surface area (Å²) >= 11 is 0. The molecule has 6 heteroatoms. The highest BCUT2D eigenvalue weighted by atomic mass is 19.1. The van der Waals surface area contributed by atoms with Gasteiger partial charge in [-0.15, -0.1) is 0 Å². The van der Waals surface area contributed by atoms with Crippen LogP contribution in [0.5, 0.6) is 5.75 Å². The normalized spacial score (nSPS) is 9.84. The Labute approximate surface area is 109 Å². The second kappa shape index (κ2) is 5.98. The maximum atomic E-state index is 13.4. The van der Waals surface area contributed by atoms with Crippen LogP contribution >= 0.6 is 0 Å². The SMILES string of the molecule is Cn1ncnc1COc1cc(F)cc(C#CCO)c1. The Morgan fingerprint density at radius 3 is 2.95 bits per heavy atom. The number of ether oxygens (including phenoxy) is 1. The van der Waals surface area contributed by atoms with Gasteiger partial charge in [-0.05, 0) is 12.1 Å². The number of aliphatic hydroxyl groups excluding tert-OH is 1. The first-order chi connectivity index (χ1) is 9.19. The molecule has 98 valence electrons. The molecule has 0 atom stereocenters. The Morgan fingerprint density at radius 2 is 2.26 bits per heavy atom. The molecule has 0 aliphatic rings. The van der Waals surface area contributed by atoms with Crippen LogP contribution in [0.4, 0.5) is 4.39 Å². The predicted octanol–water partition coefficient (Wildman–Crippen LogP) is 0.877. The van der Waals surface area contributed by atoms with E-state index in [1.54, 1.807) is 17.8 Å². The zero-order valence-electron chi connectivity index (χ0n) is 10.3. The fraction of sp³-hybridized carbons (Fsp3) is 0.231. The average Bonchev–Trinajstić information content (AvgIpc) is 2.79. The van der Waals surface area contributed by atoms with Gasteiger partial charge in [0.25, 0.3) is 0 Å². The lowest BCUT2D eigenvalue weighted by Crippen LogP contribution is -2.04. The first kappa shape index (κ1) is 13.1. The summed E-state index contributed by atoms with van der Waals surface area (Å²) in [5.41, 5.74) is 0.446. The second-order valence-corrected chi connectivity index (χ2v) is 3.72. The van der Waals surface area contributed by atoms with Crippen molar-refractivity contribution in [3.63, 3.8) is 0 Å². The number of benzene rings is 1. The summed E-state index contributed by atoms with van der Waals surface area (Å²) in [6.07, 6.45) is 1.42. The lowest BCUT2D eigenvalue weighted by atomic mass is 10.2. The van der Waals surface area contributed by atoms with Crippen LogP contribution in [-0.4, -0.2) is 26.5 Å². The van der Waals surface area contributed by atoms with Crippen LogP contribution in [0, 0.1) is 17.7 Å². The highest BCUT2D eigenvalue weighted by Gasteiger charge is 2.04. The van der Waals surface area contributed by atoms with E-state index >= 15 is 0 Å². The third kappa shape index (κ3) is 3.53. The molecule has 1 heterocycles. The van der Waals surface area contributed by atoms with E-state index in [2.05, 4.69) is 21.9 Å². The van der Waals surface area contributed by atoms with Crippen molar-refractivity contribution in [2.45, 2.75) is 6.61 Å². The first-order valence-corrected chi connectivity index (χ1v) is 5.55. The van der Waals surface area contributed by atoms with Crippen LogP contribution in [0.2, 0.25) is 0 Å². The highest BCUT2D eigenvalue weighted by molar-refractivity contribution is 5.40. The molecular formula is C13H12FN3O2. The molecule has 0 unspecified atom stereocenters. The number of nitrogens with zero attached hydrogens (tertiary/aromatic N) is 3. The fourth-order valence-corrected chi connectivity index (χ4v) is 1.46. The van der Waals surface area contributed by atoms with Crippen molar-refractivity contribution in [2.24, 2.45) is 7.05 Å². The van der Waals surface area contributed by atoms with Crippen LogP contribution < -0.4 is 4.74 Å². The second-order valence-electron chi connectivity index (χ2n) is 3.72. The Kier molecular flexibility index (Phi) is 4.11. The average molecular weight is 261 g/mol. The maximum Gasteiger partial charge on any atom is 0.164 e. The van der Waals surface area contributed by atoms with Gasteiger partial charge in [-0.3, -0.25) is 4.68 Å². The molecule has 0 fully saturated rings. The summed E-state index contributed by atoms with van der Waals surface area (Å²) in [5.74, 6) is 5.62. The van der Waals surface area contributed by atoms with Gasteiger partial charge in [0.05, 0.1) is 0 Å². The van der Waals surface area contributed by atoms with Gasteiger partial charge < -0.3 is 9.84 Å². The van der Waals surface area contributed by atoms with Gasteiger partial charge in [0, 0.05) is 18.7 Å². The van der Waals surface area contributed by atoms with Crippen molar-refractivity contribution in [2.75, 3.05) is 6.61 Å². The standard InChI is InChI=1S/C13H12FN3O2/c1-17-13(15-9-16-17)8-19-12-6-10(3-2-4-18)5-11(14)7-12/h5-7,9,18H,4,8H2,1H3. The van der Waals surface area contributed by atoms with Crippen molar-refractivity contribution < 1.29 is 14.2 Å². The fourth-order valence-electron chi connectivity index (χ4n) is 1.46. The Bertz CT molecular complexity index is 628. The van der Waals surface area contributed by atoms with Crippen LogP contribution in [-0.2, 0) is 13.7 Å². The van der Waals surface area contributed by atoms with Crippen molar-refractivity contribution >= 4 is 0 Å². The minimum absolute atomic E-state index is 0.187. The number of rotatable bonds is 3. The maximum absolute atomic E-state index is 13.4. The summed E-state index contributed by atoms with van der Waals surface area (Å²) in [4.78, 5) is 4.00. The van der Waals surface area contributed by atoms with E-state index in [4.69, 9.17) is 9.84 Å². The lowest BCUT2D eigenvalue weighted by Gasteiger charge is -2.06. The van der Waals surface area contributed by atoms with Crippen LogP contribution in [0.15, 0.2) is 24.5 Å². The topological polar surface area (TPSA) is 60.2 Å². The Hall–Kier alpha value is -2.39. The molecule has 1 N–H and O–H groups in total. The molecule has 0 amide bonds. The molecule has 1 aromatic carbocycles. The van der Waals surface area contributed by atoms with Crippen molar-refractivity contribution in [3.8, 4) is 17.6 Å². The number of aliphatic hydroxyl groups is 1. The molecule has 0 saturated carbocycles. The smallest absolute Gasteiger partial charge is 0.164 e. The van der Waals surface area contributed by atoms with Gasteiger partial charge in [-0.1, -0.05) is 11.8 Å². The van der Waals surface area contributed by atoms with E-state index < -0.39 is 5.82 Å². The molecule has 1 aromatic heterocycles. The molecule has 0 aliphatic heterocycles. The van der Waals surface area contributed by atoms with Crippen molar-refractivity contribution in [1.82, 2.24) is 14.8 Å². The molecule has 0 saturated heterocycles. The van der Waals surface area contributed by atoms with E-state index in [0.29, 0.717) is 17.1 Å². The number of hydrogen-bond acceptors (Lipinski definition) is 4. The number of hydrogen-bond donors (Lipinski definition) is 1. The zero-order chi connectivity index (χ0) is 13.7. The molecule has 2 rings (SSSR count). The largest absolute Gasteiger partial charge is 0.485 e. The van der Waals surface area contributed by atoms with Gasteiger partial charge >= 0.3 is 0 Å². The predicted molar refractivity (Wildman–Crippen MR) is 65.7 cm³/mol. The van der Waals surface area contributed by atoms with E-state index in [9.17, 15) is 4.39 Å². The molecule has 2 aromatic rings. The summed E-state index contributed by atoms with van der Waals surface area (Å²) in [6.45, 7) is -0.0849. The van der Waals surface area contributed by atoms with Gasteiger partial charge in [-0.25, -0.2) is 9.37 Å². The lowest BCUT2D eigenvalue weighted by molar-refractivity contribution is 0.288. The molecule has 19 heavy (non-hydrogen) atoms. The minimum atomic E-state index is -0.447. The van der Waals surface area contributed by atoms with Crippen LogP contribution in [0.25, 0.3) is 0 Å².